The highest BCUT2D eigenvalue weighted by Crippen LogP contribution is 2.15. The number of aliphatic hydroxyl groups excluding tert-OH is 3. The number of pyridine rings is 3. The maximum Gasteiger partial charge on any atom is 0.257 e. The van der Waals surface area contributed by atoms with E-state index in [9.17, 15) is 24.9 Å². The first-order valence-corrected chi connectivity index (χ1v) is 13.4. The summed E-state index contributed by atoms with van der Waals surface area (Å²) in [5, 5.41) is 33.4. The molecular weight excluding hydrogens is 536 g/mol. The van der Waals surface area contributed by atoms with E-state index in [-0.39, 0.29) is 12.3 Å². The van der Waals surface area contributed by atoms with E-state index in [0.29, 0.717) is 36.4 Å². The van der Waals surface area contributed by atoms with Crippen LogP contribution in [-0.4, -0.2) is 72.3 Å². The van der Waals surface area contributed by atoms with Crippen LogP contribution in [0.5, 0.6) is 0 Å². The molecule has 3 heterocycles. The number of hydrogen-bond acceptors (Lipinski definition) is 9. The second kappa shape index (κ2) is 14.9. The van der Waals surface area contributed by atoms with Gasteiger partial charge in [-0.05, 0) is 54.1 Å². The predicted octanol–water partition coefficient (Wildman–Crippen LogP) is 1.70. The zero-order valence-electron chi connectivity index (χ0n) is 23.1. The van der Waals surface area contributed by atoms with Gasteiger partial charge in [-0.3, -0.25) is 29.4 Å². The smallest absolute Gasteiger partial charge is 0.257 e. The lowest BCUT2D eigenvalue weighted by molar-refractivity contribution is -0.124. The van der Waals surface area contributed by atoms with Crippen molar-refractivity contribution in [3.8, 4) is 0 Å². The van der Waals surface area contributed by atoms with Crippen LogP contribution in [0.3, 0.4) is 0 Å². The minimum atomic E-state index is -1.48. The molecule has 1 aromatic carbocycles. The van der Waals surface area contributed by atoms with E-state index in [1.54, 1.807) is 48.9 Å². The fourth-order valence-corrected chi connectivity index (χ4v) is 4.19. The van der Waals surface area contributed by atoms with Crippen molar-refractivity contribution in [2.45, 2.75) is 31.6 Å². The van der Waals surface area contributed by atoms with Gasteiger partial charge in [0.1, 0.15) is 5.54 Å². The Morgan fingerprint density at radius 2 is 1.29 bits per heavy atom. The molecule has 0 saturated heterocycles. The fourth-order valence-electron chi connectivity index (χ4n) is 4.19. The molecular formula is C31H34N6O5. The number of rotatable bonds is 14. The van der Waals surface area contributed by atoms with E-state index in [1.807, 2.05) is 42.5 Å². The summed E-state index contributed by atoms with van der Waals surface area (Å²) in [6.45, 7) is -0.0160. The summed E-state index contributed by atoms with van der Waals surface area (Å²) in [6, 6.07) is 21.9. The summed E-state index contributed by atoms with van der Waals surface area (Å²) in [4.78, 5) is 40.7. The second-order valence-corrected chi connectivity index (χ2v) is 9.96. The van der Waals surface area contributed by atoms with Crippen molar-refractivity contribution in [1.29, 1.82) is 0 Å². The van der Waals surface area contributed by atoms with Gasteiger partial charge >= 0.3 is 0 Å². The Morgan fingerprint density at radius 3 is 1.76 bits per heavy atom. The monoisotopic (exact) mass is 570 g/mol. The number of nitrogens with zero attached hydrogens (tertiary/aromatic N) is 4. The number of benzene rings is 1. The Morgan fingerprint density at radius 1 is 0.714 bits per heavy atom. The number of hydrogen-bond donors (Lipinski definition) is 5. The first kappa shape index (κ1) is 30.4. The molecule has 4 aromatic rings. The van der Waals surface area contributed by atoms with Gasteiger partial charge in [-0.25, -0.2) is 0 Å². The minimum Gasteiger partial charge on any atom is -0.394 e. The fraction of sp³-hybridized carbons (Fsp3) is 0.258. The maximum absolute atomic E-state index is 12.8. The Kier molecular flexibility index (Phi) is 10.8. The molecule has 3 aromatic heterocycles. The molecule has 0 spiro atoms. The number of carbonyl (C=O) groups excluding carboxylic acids is 2. The van der Waals surface area contributed by atoms with Crippen LogP contribution >= 0.6 is 0 Å². The highest BCUT2D eigenvalue weighted by Gasteiger charge is 2.29. The average Bonchev–Trinajstić information content (AvgIpc) is 3.02. The molecule has 4 rings (SSSR count). The van der Waals surface area contributed by atoms with Crippen molar-refractivity contribution in [1.82, 2.24) is 25.2 Å². The van der Waals surface area contributed by atoms with Gasteiger partial charge in [0.05, 0.1) is 48.9 Å². The van der Waals surface area contributed by atoms with Crippen LogP contribution in [0.15, 0.2) is 91.4 Å². The Hall–Kier alpha value is -4.55. The molecule has 11 heteroatoms. The van der Waals surface area contributed by atoms with Gasteiger partial charge < -0.3 is 26.0 Å². The predicted molar refractivity (Wildman–Crippen MR) is 156 cm³/mol. The molecule has 2 amide bonds. The van der Waals surface area contributed by atoms with Crippen LogP contribution in [0.4, 0.5) is 5.69 Å². The molecule has 0 unspecified atom stereocenters. The minimum absolute atomic E-state index is 0.0287. The molecule has 0 aliphatic carbocycles. The summed E-state index contributed by atoms with van der Waals surface area (Å²) in [6.07, 6.45) is 5.05. The van der Waals surface area contributed by atoms with Crippen molar-refractivity contribution < 1.29 is 24.9 Å². The third-order valence-electron chi connectivity index (χ3n) is 6.59. The van der Waals surface area contributed by atoms with E-state index in [4.69, 9.17) is 0 Å². The lowest BCUT2D eigenvalue weighted by Gasteiger charge is -2.28. The topological polar surface area (TPSA) is 161 Å². The molecule has 0 fully saturated rings. The zero-order valence-corrected chi connectivity index (χ0v) is 23.1. The third kappa shape index (κ3) is 8.72. The lowest BCUT2D eigenvalue weighted by Crippen LogP contribution is -2.57. The van der Waals surface area contributed by atoms with Gasteiger partial charge in [0.15, 0.2) is 0 Å². The van der Waals surface area contributed by atoms with Crippen LogP contribution in [0.1, 0.15) is 33.0 Å². The highest BCUT2D eigenvalue weighted by molar-refractivity contribution is 6.04. The molecule has 0 radical (unpaired) electrons. The van der Waals surface area contributed by atoms with E-state index < -0.39 is 31.3 Å². The third-order valence-corrected chi connectivity index (χ3v) is 6.59. The number of aliphatic hydroxyl groups is 3. The SMILES string of the molecule is O=C(Cc1ccc(NC(=O)c2ccc(CN(Cc3ccccn3)Cc3ccccn3)nc2)cc1)NC(CO)(CO)CO. The number of anilines is 1. The van der Waals surface area contributed by atoms with Crippen molar-refractivity contribution >= 4 is 17.5 Å². The molecule has 218 valence electrons. The molecule has 5 N–H and O–H groups in total. The number of aromatic nitrogens is 3. The van der Waals surface area contributed by atoms with Crippen LogP contribution in [0.2, 0.25) is 0 Å². The normalized spacial score (nSPS) is 11.3. The van der Waals surface area contributed by atoms with Gasteiger partial charge in [-0.1, -0.05) is 24.3 Å². The standard InChI is InChI=1S/C31H34N6O5/c38-20-31(21-39,22-40)36-29(41)15-23-7-10-25(11-8-23)35-30(42)24-9-12-28(34-16-24)19-37(17-26-5-1-3-13-32-26)18-27-6-2-4-14-33-27/h1-14,16,38-40H,15,17-22H2,(H,35,42)(H,36,41). The summed E-state index contributed by atoms with van der Waals surface area (Å²) in [5.41, 5.74) is 2.78. The summed E-state index contributed by atoms with van der Waals surface area (Å²) in [5.74, 6) is -0.786. The van der Waals surface area contributed by atoms with E-state index in [2.05, 4.69) is 30.5 Å². The van der Waals surface area contributed by atoms with Crippen molar-refractivity contribution in [2.24, 2.45) is 0 Å². The number of carbonyl (C=O) groups is 2. The molecule has 0 bridgehead atoms. The van der Waals surface area contributed by atoms with Gasteiger partial charge in [-0.2, -0.15) is 0 Å². The van der Waals surface area contributed by atoms with Gasteiger partial charge in [-0.15, -0.1) is 0 Å². The Balaban J connectivity index is 1.34. The number of nitrogens with one attached hydrogen (secondary N) is 2. The molecule has 0 aliphatic rings. The quantitative estimate of drug-likeness (QED) is 0.152. The molecule has 42 heavy (non-hydrogen) atoms. The van der Waals surface area contributed by atoms with Gasteiger partial charge in [0.2, 0.25) is 5.91 Å². The average molecular weight is 571 g/mol. The van der Waals surface area contributed by atoms with Crippen LogP contribution < -0.4 is 10.6 Å². The van der Waals surface area contributed by atoms with Gasteiger partial charge in [0, 0.05) is 43.9 Å². The van der Waals surface area contributed by atoms with Crippen molar-refractivity contribution in [3.63, 3.8) is 0 Å². The maximum atomic E-state index is 12.8. The van der Waals surface area contributed by atoms with E-state index >= 15 is 0 Å². The van der Waals surface area contributed by atoms with Crippen molar-refractivity contribution in [2.75, 3.05) is 25.1 Å². The van der Waals surface area contributed by atoms with Crippen LogP contribution in [-0.2, 0) is 30.8 Å². The van der Waals surface area contributed by atoms with Gasteiger partial charge in [0.25, 0.3) is 5.91 Å². The summed E-state index contributed by atoms with van der Waals surface area (Å²) < 4.78 is 0. The summed E-state index contributed by atoms with van der Waals surface area (Å²) >= 11 is 0. The zero-order chi connectivity index (χ0) is 29.8. The van der Waals surface area contributed by atoms with E-state index in [0.717, 1.165) is 17.1 Å². The Bertz CT molecular complexity index is 1370. The van der Waals surface area contributed by atoms with Crippen LogP contribution in [0, 0.1) is 0 Å². The molecule has 0 atom stereocenters. The molecule has 0 saturated carbocycles. The van der Waals surface area contributed by atoms with E-state index in [1.165, 1.54) is 0 Å². The lowest BCUT2D eigenvalue weighted by atomic mass is 10.0. The first-order valence-electron chi connectivity index (χ1n) is 13.4. The Labute approximate surface area is 243 Å². The van der Waals surface area contributed by atoms with Crippen molar-refractivity contribution in [3.05, 3.63) is 120 Å². The largest absolute Gasteiger partial charge is 0.394 e. The first-order chi connectivity index (χ1) is 20.4. The molecule has 11 nitrogen and oxygen atoms in total. The highest BCUT2D eigenvalue weighted by atomic mass is 16.3. The van der Waals surface area contributed by atoms with Crippen LogP contribution in [0.25, 0.3) is 0 Å². The summed E-state index contributed by atoms with van der Waals surface area (Å²) in [7, 11) is 0. The second-order valence-electron chi connectivity index (χ2n) is 9.96. The number of amides is 2. The molecule has 0 aliphatic heterocycles.